The molecule has 0 bridgehead atoms. The molecule has 0 saturated carbocycles. The van der Waals surface area contributed by atoms with Crippen LogP contribution in [-0.2, 0) is 12.8 Å². The van der Waals surface area contributed by atoms with Crippen LogP contribution in [0.5, 0.6) is 6.01 Å². The van der Waals surface area contributed by atoms with E-state index in [1.165, 1.54) is 5.56 Å². The van der Waals surface area contributed by atoms with E-state index in [4.69, 9.17) is 4.74 Å². The molecule has 0 unspecified atom stereocenters. The summed E-state index contributed by atoms with van der Waals surface area (Å²) in [6.07, 6.45) is 0. The molecule has 5 heteroatoms. The molecule has 0 aliphatic heterocycles. The molecule has 0 radical (unpaired) electrons. The van der Waals surface area contributed by atoms with Gasteiger partial charge in [0.25, 0.3) is 0 Å². The maximum absolute atomic E-state index is 5.05. The molecule has 1 aromatic heterocycles. The van der Waals surface area contributed by atoms with Crippen LogP contribution in [0.15, 0.2) is 35.5 Å². The van der Waals surface area contributed by atoms with Gasteiger partial charge in [0, 0.05) is 12.8 Å². The Bertz CT molecular complexity index is 456. The minimum atomic E-state index is 0.538. The van der Waals surface area contributed by atoms with Crippen molar-refractivity contribution < 1.29 is 4.74 Å². The van der Waals surface area contributed by atoms with Crippen LogP contribution in [0.4, 0.5) is 0 Å². The molecule has 0 amide bonds. The van der Waals surface area contributed by atoms with Gasteiger partial charge >= 0.3 is 6.01 Å². The van der Waals surface area contributed by atoms with Crippen molar-refractivity contribution in [2.75, 3.05) is 7.11 Å². The van der Waals surface area contributed by atoms with Crippen LogP contribution >= 0.6 is 11.8 Å². The Balaban J connectivity index is 2.00. The summed E-state index contributed by atoms with van der Waals surface area (Å²) in [4.78, 5) is 4.24. The Labute approximate surface area is 98.6 Å². The summed E-state index contributed by atoms with van der Waals surface area (Å²) in [6, 6.07) is 10.8. The highest BCUT2D eigenvalue weighted by Gasteiger charge is 2.07. The van der Waals surface area contributed by atoms with Gasteiger partial charge in [-0.1, -0.05) is 42.1 Å². The quantitative estimate of drug-likeness (QED) is 0.761. The monoisotopic (exact) mass is 235 g/mol. The standard InChI is InChI=1S/C11H13N3OS/c1-14-11(15-2)12-10(13-14)16-8-9-6-4-3-5-7-9/h3-7H,8H2,1-2H3. The van der Waals surface area contributed by atoms with E-state index >= 15 is 0 Å². The minimum absolute atomic E-state index is 0.538. The van der Waals surface area contributed by atoms with Crippen LogP contribution in [-0.4, -0.2) is 21.9 Å². The van der Waals surface area contributed by atoms with E-state index in [0.29, 0.717) is 6.01 Å². The van der Waals surface area contributed by atoms with E-state index in [-0.39, 0.29) is 0 Å². The highest BCUT2D eigenvalue weighted by molar-refractivity contribution is 7.98. The van der Waals surface area contributed by atoms with Crippen LogP contribution < -0.4 is 4.74 Å². The molecule has 0 aliphatic rings. The fraction of sp³-hybridized carbons (Fsp3) is 0.273. The van der Waals surface area contributed by atoms with Gasteiger partial charge in [0.2, 0.25) is 5.16 Å². The van der Waals surface area contributed by atoms with Gasteiger partial charge in [-0.25, -0.2) is 4.68 Å². The zero-order valence-electron chi connectivity index (χ0n) is 9.25. The minimum Gasteiger partial charge on any atom is -0.467 e. The average molecular weight is 235 g/mol. The van der Waals surface area contributed by atoms with E-state index in [1.807, 2.05) is 25.2 Å². The number of aryl methyl sites for hydroxylation is 1. The van der Waals surface area contributed by atoms with Crippen LogP contribution in [0.1, 0.15) is 5.56 Å². The van der Waals surface area contributed by atoms with Crippen LogP contribution in [0.2, 0.25) is 0 Å². The third-order valence-electron chi connectivity index (χ3n) is 2.10. The maximum Gasteiger partial charge on any atom is 0.315 e. The number of aromatic nitrogens is 3. The fourth-order valence-electron chi connectivity index (χ4n) is 1.31. The Hall–Kier alpha value is -1.49. The normalized spacial score (nSPS) is 10.4. The largest absolute Gasteiger partial charge is 0.467 e. The highest BCUT2D eigenvalue weighted by Crippen LogP contribution is 2.21. The van der Waals surface area contributed by atoms with Gasteiger partial charge in [0.05, 0.1) is 7.11 Å². The lowest BCUT2D eigenvalue weighted by molar-refractivity contribution is 0.359. The maximum atomic E-state index is 5.05. The van der Waals surface area contributed by atoms with Crippen molar-refractivity contribution in [3.63, 3.8) is 0 Å². The molecule has 1 heterocycles. The fourth-order valence-corrected chi connectivity index (χ4v) is 2.12. The van der Waals surface area contributed by atoms with Crippen molar-refractivity contribution in [1.29, 1.82) is 0 Å². The van der Waals surface area contributed by atoms with Crippen molar-refractivity contribution in [3.8, 4) is 6.01 Å². The van der Waals surface area contributed by atoms with E-state index < -0.39 is 0 Å². The lowest BCUT2D eigenvalue weighted by Crippen LogP contribution is -1.95. The summed E-state index contributed by atoms with van der Waals surface area (Å²) in [6.45, 7) is 0. The number of nitrogens with zero attached hydrogens (tertiary/aromatic N) is 3. The summed E-state index contributed by atoms with van der Waals surface area (Å²) in [5, 5.41) is 4.98. The average Bonchev–Trinajstić information content (AvgIpc) is 2.69. The second-order valence-electron chi connectivity index (χ2n) is 3.28. The number of rotatable bonds is 4. The molecular formula is C11H13N3OS. The first-order valence-electron chi connectivity index (χ1n) is 4.91. The zero-order valence-corrected chi connectivity index (χ0v) is 10.1. The number of benzene rings is 1. The third-order valence-corrected chi connectivity index (χ3v) is 3.01. The van der Waals surface area contributed by atoms with Crippen LogP contribution in [0.3, 0.4) is 0 Å². The van der Waals surface area contributed by atoms with Crippen molar-refractivity contribution >= 4 is 11.8 Å². The molecule has 0 atom stereocenters. The lowest BCUT2D eigenvalue weighted by atomic mass is 10.2. The molecule has 4 nitrogen and oxygen atoms in total. The lowest BCUT2D eigenvalue weighted by Gasteiger charge is -1.96. The van der Waals surface area contributed by atoms with Crippen LogP contribution in [0, 0.1) is 0 Å². The van der Waals surface area contributed by atoms with Gasteiger partial charge in [-0.3, -0.25) is 0 Å². The van der Waals surface area contributed by atoms with Gasteiger partial charge in [-0.15, -0.1) is 5.10 Å². The van der Waals surface area contributed by atoms with E-state index in [1.54, 1.807) is 23.6 Å². The second kappa shape index (κ2) is 5.03. The summed E-state index contributed by atoms with van der Waals surface area (Å²) < 4.78 is 6.69. The molecule has 0 aliphatic carbocycles. The van der Waals surface area contributed by atoms with Crippen LogP contribution in [0.25, 0.3) is 0 Å². The first-order chi connectivity index (χ1) is 7.79. The number of thioether (sulfide) groups is 1. The molecule has 0 spiro atoms. The van der Waals surface area contributed by atoms with Crippen molar-refractivity contribution in [3.05, 3.63) is 35.9 Å². The van der Waals surface area contributed by atoms with Gasteiger partial charge in [0.1, 0.15) is 0 Å². The molecule has 1 aromatic carbocycles. The molecule has 0 fully saturated rings. The number of hydrogen-bond acceptors (Lipinski definition) is 4. The summed E-state index contributed by atoms with van der Waals surface area (Å²) in [5.41, 5.74) is 1.26. The Morgan fingerprint density at radius 2 is 2.06 bits per heavy atom. The van der Waals surface area contributed by atoms with E-state index in [0.717, 1.165) is 10.9 Å². The summed E-state index contributed by atoms with van der Waals surface area (Å²) in [7, 11) is 3.41. The van der Waals surface area contributed by atoms with Crippen molar-refractivity contribution in [2.45, 2.75) is 10.9 Å². The third kappa shape index (κ3) is 2.55. The number of ether oxygens (including phenoxy) is 1. The highest BCUT2D eigenvalue weighted by atomic mass is 32.2. The van der Waals surface area contributed by atoms with Gasteiger partial charge in [-0.05, 0) is 5.56 Å². The Kier molecular flexibility index (Phi) is 3.46. The molecular weight excluding hydrogens is 222 g/mol. The predicted octanol–water partition coefficient (Wildman–Crippen LogP) is 2.12. The topological polar surface area (TPSA) is 39.9 Å². The summed E-state index contributed by atoms with van der Waals surface area (Å²) in [5.74, 6) is 0.869. The molecule has 2 aromatic rings. The first kappa shape index (κ1) is 11.0. The molecule has 16 heavy (non-hydrogen) atoms. The van der Waals surface area contributed by atoms with E-state index in [9.17, 15) is 0 Å². The molecule has 84 valence electrons. The SMILES string of the molecule is COc1nc(SCc2ccccc2)nn1C. The smallest absolute Gasteiger partial charge is 0.315 e. The second-order valence-corrected chi connectivity index (χ2v) is 4.22. The number of methoxy groups -OCH3 is 1. The molecule has 2 rings (SSSR count). The number of hydrogen-bond donors (Lipinski definition) is 0. The predicted molar refractivity (Wildman–Crippen MR) is 63.6 cm³/mol. The molecule has 0 N–H and O–H groups in total. The Morgan fingerprint density at radius 1 is 1.31 bits per heavy atom. The molecule has 0 saturated heterocycles. The summed E-state index contributed by atoms with van der Waals surface area (Å²) >= 11 is 1.60. The van der Waals surface area contributed by atoms with Crippen molar-refractivity contribution in [2.24, 2.45) is 7.05 Å². The van der Waals surface area contributed by atoms with Gasteiger partial charge < -0.3 is 4.74 Å². The first-order valence-corrected chi connectivity index (χ1v) is 5.90. The van der Waals surface area contributed by atoms with Gasteiger partial charge in [-0.2, -0.15) is 4.98 Å². The zero-order chi connectivity index (χ0) is 11.4. The van der Waals surface area contributed by atoms with E-state index in [2.05, 4.69) is 22.2 Å². The van der Waals surface area contributed by atoms with Crippen molar-refractivity contribution in [1.82, 2.24) is 14.8 Å². The van der Waals surface area contributed by atoms with Gasteiger partial charge in [0.15, 0.2) is 0 Å². The Morgan fingerprint density at radius 3 is 2.69 bits per heavy atom.